The molecule has 0 saturated carbocycles. The third-order valence-corrected chi connectivity index (χ3v) is 3.95. The van der Waals surface area contributed by atoms with Gasteiger partial charge < -0.3 is 4.74 Å². The second-order valence-corrected chi connectivity index (χ2v) is 5.61. The van der Waals surface area contributed by atoms with E-state index in [4.69, 9.17) is 27.9 Å². The molecule has 0 saturated heterocycles. The number of rotatable bonds is 5. The standard InChI is InChI=1S/C17H16Cl2O2/c1-21-17(20)15(9-7-12-5-3-2-4-6-12)14-10-8-13(18)11-16(14)19/h2-6,8,10-11,15H,7,9H2,1H3. The summed E-state index contributed by atoms with van der Waals surface area (Å²) in [5.74, 6) is -0.671. The molecule has 0 heterocycles. The lowest BCUT2D eigenvalue weighted by atomic mass is 9.92. The summed E-state index contributed by atoms with van der Waals surface area (Å²) in [6.07, 6.45) is 1.41. The third-order valence-electron chi connectivity index (χ3n) is 3.39. The van der Waals surface area contributed by atoms with Crippen LogP contribution in [0.3, 0.4) is 0 Å². The van der Waals surface area contributed by atoms with Crippen molar-refractivity contribution >= 4 is 29.2 Å². The number of aryl methyl sites for hydroxylation is 1. The lowest BCUT2D eigenvalue weighted by Gasteiger charge is -2.16. The Kier molecular flexibility index (Phi) is 5.66. The van der Waals surface area contributed by atoms with Crippen LogP contribution in [0, 0.1) is 0 Å². The quantitative estimate of drug-likeness (QED) is 0.733. The number of carbonyl (C=O) groups is 1. The molecule has 0 aliphatic carbocycles. The number of hydrogen-bond acceptors (Lipinski definition) is 2. The number of carbonyl (C=O) groups excluding carboxylic acids is 1. The summed E-state index contributed by atoms with van der Waals surface area (Å²) in [7, 11) is 1.39. The monoisotopic (exact) mass is 322 g/mol. The molecule has 110 valence electrons. The molecule has 0 aromatic heterocycles. The number of hydrogen-bond donors (Lipinski definition) is 0. The van der Waals surface area contributed by atoms with Gasteiger partial charge in [0.25, 0.3) is 0 Å². The average molecular weight is 323 g/mol. The zero-order chi connectivity index (χ0) is 15.2. The Balaban J connectivity index is 2.20. The fraction of sp³-hybridized carbons (Fsp3) is 0.235. The van der Waals surface area contributed by atoms with Crippen molar-refractivity contribution in [3.63, 3.8) is 0 Å². The molecule has 21 heavy (non-hydrogen) atoms. The van der Waals surface area contributed by atoms with Crippen LogP contribution in [0.15, 0.2) is 48.5 Å². The second kappa shape index (κ2) is 7.48. The zero-order valence-electron chi connectivity index (χ0n) is 11.7. The van der Waals surface area contributed by atoms with Gasteiger partial charge in [0.1, 0.15) is 0 Å². The molecule has 0 N–H and O–H groups in total. The molecule has 0 amide bonds. The van der Waals surface area contributed by atoms with Gasteiger partial charge in [0.2, 0.25) is 0 Å². The van der Waals surface area contributed by atoms with Crippen molar-refractivity contribution in [2.75, 3.05) is 7.11 Å². The maximum atomic E-state index is 12.1. The minimum Gasteiger partial charge on any atom is -0.469 e. The predicted octanol–water partition coefficient (Wildman–Crippen LogP) is 4.88. The molecule has 2 aromatic carbocycles. The van der Waals surface area contributed by atoms with E-state index < -0.39 is 0 Å². The molecule has 0 bridgehead atoms. The van der Waals surface area contributed by atoms with E-state index in [1.54, 1.807) is 18.2 Å². The molecule has 4 heteroatoms. The Morgan fingerprint density at radius 2 is 1.86 bits per heavy atom. The van der Waals surface area contributed by atoms with Crippen molar-refractivity contribution in [1.29, 1.82) is 0 Å². The summed E-state index contributed by atoms with van der Waals surface area (Å²) in [6, 6.07) is 15.2. The highest BCUT2D eigenvalue weighted by Gasteiger charge is 2.23. The normalized spacial score (nSPS) is 12.0. The summed E-state index contributed by atoms with van der Waals surface area (Å²) in [4.78, 5) is 12.1. The van der Waals surface area contributed by atoms with E-state index in [0.717, 1.165) is 12.0 Å². The van der Waals surface area contributed by atoms with Crippen molar-refractivity contribution in [2.24, 2.45) is 0 Å². The predicted molar refractivity (Wildman–Crippen MR) is 86.0 cm³/mol. The van der Waals surface area contributed by atoms with Gasteiger partial charge in [0.15, 0.2) is 0 Å². The minimum absolute atomic E-state index is 0.282. The summed E-state index contributed by atoms with van der Waals surface area (Å²) >= 11 is 12.1. The number of methoxy groups -OCH3 is 1. The molecule has 2 aromatic rings. The Morgan fingerprint density at radius 1 is 1.14 bits per heavy atom. The van der Waals surface area contributed by atoms with Crippen LogP contribution in [0.25, 0.3) is 0 Å². The zero-order valence-corrected chi connectivity index (χ0v) is 13.2. The molecule has 0 aliphatic rings. The van der Waals surface area contributed by atoms with Crippen LogP contribution in [0.4, 0.5) is 0 Å². The summed E-state index contributed by atoms with van der Waals surface area (Å²) in [6.45, 7) is 0. The number of ether oxygens (including phenoxy) is 1. The van der Waals surface area contributed by atoms with Crippen LogP contribution in [0.5, 0.6) is 0 Å². The van der Waals surface area contributed by atoms with E-state index in [9.17, 15) is 4.79 Å². The van der Waals surface area contributed by atoms with Gasteiger partial charge in [-0.15, -0.1) is 0 Å². The van der Waals surface area contributed by atoms with Crippen molar-refractivity contribution in [1.82, 2.24) is 0 Å². The largest absolute Gasteiger partial charge is 0.469 e. The van der Waals surface area contributed by atoms with E-state index in [2.05, 4.69) is 0 Å². The molecule has 0 spiro atoms. The SMILES string of the molecule is COC(=O)C(CCc1ccccc1)c1ccc(Cl)cc1Cl. The van der Waals surface area contributed by atoms with Gasteiger partial charge in [0, 0.05) is 10.0 Å². The molecular formula is C17H16Cl2O2. The van der Waals surface area contributed by atoms with Gasteiger partial charge in [-0.05, 0) is 36.1 Å². The van der Waals surface area contributed by atoms with Crippen LogP contribution < -0.4 is 0 Å². The lowest BCUT2D eigenvalue weighted by Crippen LogP contribution is -2.15. The molecule has 2 nitrogen and oxygen atoms in total. The molecule has 1 atom stereocenters. The van der Waals surface area contributed by atoms with Crippen molar-refractivity contribution in [2.45, 2.75) is 18.8 Å². The van der Waals surface area contributed by atoms with Gasteiger partial charge >= 0.3 is 5.97 Å². The van der Waals surface area contributed by atoms with E-state index in [0.29, 0.717) is 16.5 Å². The average Bonchev–Trinajstić information content (AvgIpc) is 2.50. The first kappa shape index (κ1) is 15.9. The van der Waals surface area contributed by atoms with Gasteiger partial charge in [-0.1, -0.05) is 59.6 Å². The van der Waals surface area contributed by atoms with Gasteiger partial charge in [-0.25, -0.2) is 0 Å². The van der Waals surface area contributed by atoms with E-state index in [1.165, 1.54) is 12.7 Å². The highest BCUT2D eigenvalue weighted by Crippen LogP contribution is 2.31. The van der Waals surface area contributed by atoms with E-state index >= 15 is 0 Å². The van der Waals surface area contributed by atoms with E-state index in [-0.39, 0.29) is 11.9 Å². The van der Waals surface area contributed by atoms with Crippen LogP contribution in [-0.2, 0) is 16.0 Å². The number of esters is 1. The van der Waals surface area contributed by atoms with Crippen molar-refractivity contribution in [3.8, 4) is 0 Å². The maximum absolute atomic E-state index is 12.1. The molecule has 1 unspecified atom stereocenters. The van der Waals surface area contributed by atoms with Crippen LogP contribution in [-0.4, -0.2) is 13.1 Å². The van der Waals surface area contributed by atoms with Gasteiger partial charge in [-0.3, -0.25) is 4.79 Å². The number of benzene rings is 2. The van der Waals surface area contributed by atoms with Crippen LogP contribution in [0.2, 0.25) is 10.0 Å². The Morgan fingerprint density at radius 3 is 2.48 bits per heavy atom. The molecule has 0 aliphatic heterocycles. The molecular weight excluding hydrogens is 307 g/mol. The Bertz CT molecular complexity index is 611. The first-order valence-corrected chi connectivity index (χ1v) is 7.44. The van der Waals surface area contributed by atoms with E-state index in [1.807, 2.05) is 30.3 Å². The van der Waals surface area contributed by atoms with Crippen LogP contribution in [0.1, 0.15) is 23.5 Å². The molecule has 0 radical (unpaired) electrons. The topological polar surface area (TPSA) is 26.3 Å². The highest BCUT2D eigenvalue weighted by atomic mass is 35.5. The number of halogens is 2. The fourth-order valence-electron chi connectivity index (χ4n) is 2.28. The highest BCUT2D eigenvalue weighted by molar-refractivity contribution is 6.35. The Hall–Kier alpha value is -1.51. The van der Waals surface area contributed by atoms with Crippen molar-refractivity contribution < 1.29 is 9.53 Å². The molecule has 0 fully saturated rings. The second-order valence-electron chi connectivity index (χ2n) is 4.77. The van der Waals surface area contributed by atoms with Gasteiger partial charge in [-0.2, -0.15) is 0 Å². The molecule has 2 rings (SSSR count). The lowest BCUT2D eigenvalue weighted by molar-refractivity contribution is -0.142. The maximum Gasteiger partial charge on any atom is 0.313 e. The summed E-state index contributed by atoms with van der Waals surface area (Å²) in [5.41, 5.74) is 1.93. The fourth-order valence-corrected chi connectivity index (χ4v) is 2.82. The first-order valence-electron chi connectivity index (χ1n) is 6.68. The summed E-state index contributed by atoms with van der Waals surface area (Å²) in [5, 5.41) is 1.04. The first-order chi connectivity index (χ1) is 10.1. The minimum atomic E-state index is -0.389. The Labute approximate surface area is 134 Å². The summed E-state index contributed by atoms with van der Waals surface area (Å²) < 4.78 is 4.91. The smallest absolute Gasteiger partial charge is 0.313 e. The van der Waals surface area contributed by atoms with Crippen molar-refractivity contribution in [3.05, 3.63) is 69.7 Å². The van der Waals surface area contributed by atoms with Crippen LogP contribution >= 0.6 is 23.2 Å². The van der Waals surface area contributed by atoms with Gasteiger partial charge in [0.05, 0.1) is 13.0 Å². The third kappa shape index (κ3) is 4.23.